The van der Waals surface area contributed by atoms with E-state index in [2.05, 4.69) is 5.43 Å². The Bertz CT molecular complexity index is 619. The SMILES string of the molecule is NNC(Cc1ccc(Cl)c(Cl)c1)c1cc(F)ccc1Cl. The molecule has 20 heavy (non-hydrogen) atoms. The monoisotopic (exact) mass is 332 g/mol. The van der Waals surface area contributed by atoms with Gasteiger partial charge in [0.05, 0.1) is 16.1 Å². The van der Waals surface area contributed by atoms with Gasteiger partial charge in [-0.1, -0.05) is 40.9 Å². The van der Waals surface area contributed by atoms with Crippen LogP contribution in [0.2, 0.25) is 15.1 Å². The Hall–Kier alpha value is -0.840. The quantitative estimate of drug-likeness (QED) is 0.637. The van der Waals surface area contributed by atoms with Crippen molar-refractivity contribution in [3.8, 4) is 0 Å². The summed E-state index contributed by atoms with van der Waals surface area (Å²) >= 11 is 17.9. The molecule has 0 aromatic heterocycles. The minimum atomic E-state index is -0.362. The minimum Gasteiger partial charge on any atom is -0.271 e. The lowest BCUT2D eigenvalue weighted by molar-refractivity contribution is 0.544. The fourth-order valence-electron chi connectivity index (χ4n) is 1.94. The van der Waals surface area contributed by atoms with E-state index < -0.39 is 0 Å². The van der Waals surface area contributed by atoms with E-state index in [9.17, 15) is 4.39 Å². The Kier molecular flexibility index (Phi) is 5.24. The van der Waals surface area contributed by atoms with Crippen LogP contribution in [-0.2, 0) is 6.42 Å². The van der Waals surface area contributed by atoms with Crippen LogP contribution in [0, 0.1) is 5.82 Å². The summed E-state index contributed by atoms with van der Waals surface area (Å²) in [6.07, 6.45) is 0.510. The molecule has 0 amide bonds. The summed E-state index contributed by atoms with van der Waals surface area (Å²) < 4.78 is 13.3. The molecular weight excluding hydrogens is 322 g/mol. The van der Waals surface area contributed by atoms with Crippen molar-refractivity contribution in [3.05, 3.63) is 68.4 Å². The maximum atomic E-state index is 13.3. The third-order valence-corrected chi connectivity index (χ3v) is 4.04. The van der Waals surface area contributed by atoms with Crippen molar-refractivity contribution in [1.29, 1.82) is 0 Å². The van der Waals surface area contributed by atoms with Crippen molar-refractivity contribution in [3.63, 3.8) is 0 Å². The molecular formula is C14H12Cl3FN2. The Morgan fingerprint density at radius 1 is 1.00 bits per heavy atom. The van der Waals surface area contributed by atoms with Gasteiger partial charge in [-0.25, -0.2) is 4.39 Å². The second-order valence-electron chi connectivity index (χ2n) is 4.34. The normalized spacial score (nSPS) is 12.4. The second-order valence-corrected chi connectivity index (χ2v) is 5.56. The summed E-state index contributed by atoms with van der Waals surface area (Å²) in [7, 11) is 0. The summed E-state index contributed by atoms with van der Waals surface area (Å²) in [6, 6.07) is 9.15. The summed E-state index contributed by atoms with van der Waals surface area (Å²) in [5.74, 6) is 5.19. The highest BCUT2D eigenvalue weighted by Crippen LogP contribution is 2.28. The van der Waals surface area contributed by atoms with E-state index in [4.69, 9.17) is 40.6 Å². The first-order chi connectivity index (χ1) is 9.51. The van der Waals surface area contributed by atoms with Gasteiger partial charge in [-0.3, -0.25) is 11.3 Å². The maximum Gasteiger partial charge on any atom is 0.123 e. The van der Waals surface area contributed by atoms with E-state index in [1.807, 2.05) is 6.07 Å². The van der Waals surface area contributed by atoms with Crippen LogP contribution in [0.4, 0.5) is 4.39 Å². The molecule has 2 aromatic rings. The number of nitrogens with one attached hydrogen (secondary N) is 1. The van der Waals surface area contributed by atoms with Crippen LogP contribution >= 0.6 is 34.8 Å². The third-order valence-electron chi connectivity index (χ3n) is 2.96. The third kappa shape index (κ3) is 3.62. The fourth-order valence-corrected chi connectivity index (χ4v) is 2.51. The number of hydrazine groups is 1. The van der Waals surface area contributed by atoms with Crippen LogP contribution in [-0.4, -0.2) is 0 Å². The Balaban J connectivity index is 2.28. The number of halogens is 4. The Morgan fingerprint density at radius 2 is 1.70 bits per heavy atom. The number of nitrogens with two attached hydrogens (primary N) is 1. The van der Waals surface area contributed by atoms with Gasteiger partial charge in [-0.2, -0.15) is 0 Å². The molecule has 0 spiro atoms. The minimum absolute atomic E-state index is 0.324. The van der Waals surface area contributed by atoms with Gasteiger partial charge in [0.25, 0.3) is 0 Å². The topological polar surface area (TPSA) is 38.0 Å². The number of rotatable bonds is 4. The van der Waals surface area contributed by atoms with Crippen LogP contribution in [0.25, 0.3) is 0 Å². The summed E-state index contributed by atoms with van der Waals surface area (Å²) in [5.41, 5.74) is 4.16. The molecule has 0 fully saturated rings. The lowest BCUT2D eigenvalue weighted by Gasteiger charge is -2.18. The molecule has 0 bridgehead atoms. The molecule has 1 unspecified atom stereocenters. The first-order valence-corrected chi connectivity index (χ1v) is 6.99. The van der Waals surface area contributed by atoms with Gasteiger partial charge in [0.1, 0.15) is 5.82 Å². The standard InChI is InChI=1S/C14H12Cl3FN2/c15-11-4-2-9(18)7-10(11)14(20-19)6-8-1-3-12(16)13(17)5-8/h1-5,7,14,20H,6,19H2. The fraction of sp³-hybridized carbons (Fsp3) is 0.143. The predicted octanol–water partition coefficient (Wildman–Crippen LogP) is 4.53. The molecule has 0 aliphatic heterocycles. The van der Waals surface area contributed by atoms with Gasteiger partial charge in [-0.05, 0) is 47.9 Å². The van der Waals surface area contributed by atoms with Crippen LogP contribution in [0.5, 0.6) is 0 Å². The lowest BCUT2D eigenvalue weighted by Crippen LogP contribution is -2.29. The van der Waals surface area contributed by atoms with Crippen molar-refractivity contribution in [2.24, 2.45) is 5.84 Å². The summed E-state index contributed by atoms with van der Waals surface area (Å²) in [5, 5.41) is 1.40. The molecule has 2 nitrogen and oxygen atoms in total. The molecule has 0 aliphatic rings. The zero-order valence-corrected chi connectivity index (χ0v) is 12.6. The average Bonchev–Trinajstić information content (AvgIpc) is 2.43. The van der Waals surface area contributed by atoms with Gasteiger partial charge in [0.15, 0.2) is 0 Å². The largest absolute Gasteiger partial charge is 0.271 e. The second kappa shape index (κ2) is 6.74. The Labute approximate surface area is 131 Å². The molecule has 2 aromatic carbocycles. The molecule has 0 heterocycles. The van der Waals surface area contributed by atoms with Gasteiger partial charge in [-0.15, -0.1) is 0 Å². The zero-order chi connectivity index (χ0) is 14.7. The van der Waals surface area contributed by atoms with Crippen LogP contribution in [0.1, 0.15) is 17.2 Å². The van der Waals surface area contributed by atoms with E-state index in [1.54, 1.807) is 12.1 Å². The van der Waals surface area contributed by atoms with Crippen molar-refractivity contribution in [1.82, 2.24) is 5.43 Å². The zero-order valence-electron chi connectivity index (χ0n) is 10.3. The van der Waals surface area contributed by atoms with Gasteiger partial charge >= 0.3 is 0 Å². The number of benzene rings is 2. The van der Waals surface area contributed by atoms with Crippen molar-refractivity contribution >= 4 is 34.8 Å². The predicted molar refractivity (Wildman–Crippen MR) is 81.6 cm³/mol. The summed E-state index contributed by atoms with van der Waals surface area (Å²) in [4.78, 5) is 0. The van der Waals surface area contributed by atoms with E-state index in [0.717, 1.165) is 5.56 Å². The van der Waals surface area contributed by atoms with Crippen molar-refractivity contribution < 1.29 is 4.39 Å². The van der Waals surface area contributed by atoms with E-state index >= 15 is 0 Å². The number of hydrogen-bond acceptors (Lipinski definition) is 2. The molecule has 0 saturated carbocycles. The summed E-state index contributed by atoms with van der Waals surface area (Å²) in [6.45, 7) is 0. The molecule has 6 heteroatoms. The first kappa shape index (κ1) is 15.5. The van der Waals surface area contributed by atoms with Gasteiger partial charge in [0.2, 0.25) is 0 Å². The molecule has 106 valence electrons. The van der Waals surface area contributed by atoms with E-state index in [0.29, 0.717) is 27.1 Å². The van der Waals surface area contributed by atoms with E-state index in [-0.39, 0.29) is 11.9 Å². The average molecular weight is 334 g/mol. The Morgan fingerprint density at radius 3 is 2.35 bits per heavy atom. The molecule has 1 atom stereocenters. The highest BCUT2D eigenvalue weighted by atomic mass is 35.5. The molecule has 0 saturated heterocycles. The molecule has 0 aliphatic carbocycles. The maximum absolute atomic E-state index is 13.3. The van der Waals surface area contributed by atoms with Crippen LogP contribution < -0.4 is 11.3 Å². The van der Waals surface area contributed by atoms with Gasteiger partial charge in [0, 0.05) is 5.02 Å². The van der Waals surface area contributed by atoms with Gasteiger partial charge < -0.3 is 0 Å². The van der Waals surface area contributed by atoms with E-state index in [1.165, 1.54) is 18.2 Å². The molecule has 2 rings (SSSR count). The lowest BCUT2D eigenvalue weighted by atomic mass is 9.99. The van der Waals surface area contributed by atoms with Crippen molar-refractivity contribution in [2.75, 3.05) is 0 Å². The van der Waals surface area contributed by atoms with Crippen molar-refractivity contribution in [2.45, 2.75) is 12.5 Å². The van der Waals surface area contributed by atoms with Crippen LogP contribution in [0.15, 0.2) is 36.4 Å². The highest BCUT2D eigenvalue weighted by Gasteiger charge is 2.15. The smallest absolute Gasteiger partial charge is 0.123 e. The van der Waals surface area contributed by atoms with Crippen LogP contribution in [0.3, 0.4) is 0 Å². The molecule has 0 radical (unpaired) electrons. The highest BCUT2D eigenvalue weighted by molar-refractivity contribution is 6.42. The number of hydrogen-bond donors (Lipinski definition) is 2. The first-order valence-electron chi connectivity index (χ1n) is 5.86. The molecule has 3 N–H and O–H groups in total.